The van der Waals surface area contributed by atoms with Crippen LogP contribution in [-0.2, 0) is 0 Å². The third kappa shape index (κ3) is 2.43. The number of pyridine rings is 1. The van der Waals surface area contributed by atoms with Crippen LogP contribution in [0.25, 0.3) is 27.2 Å². The highest BCUT2D eigenvalue weighted by atomic mass is 14.7. The van der Waals surface area contributed by atoms with Crippen molar-refractivity contribution in [2.75, 3.05) is 0 Å². The Morgan fingerprint density at radius 1 is 0.750 bits per heavy atom. The molecule has 0 N–H and O–H groups in total. The Hall–Kier alpha value is -2.92. The summed E-state index contributed by atoms with van der Waals surface area (Å²) in [5.74, 6) is 0. The van der Waals surface area contributed by atoms with E-state index in [0.29, 0.717) is 5.69 Å². The van der Waals surface area contributed by atoms with Gasteiger partial charge in [-0.05, 0) is 23.3 Å². The molecule has 1 heterocycles. The van der Waals surface area contributed by atoms with Crippen LogP contribution in [0.3, 0.4) is 0 Å². The fraction of sp³-hybridized carbons (Fsp3) is 0. The lowest BCUT2D eigenvalue weighted by Crippen LogP contribution is -1.84. The van der Waals surface area contributed by atoms with E-state index in [-0.39, 0.29) is 0 Å². The van der Waals surface area contributed by atoms with Crippen LogP contribution in [0.4, 0.5) is 5.69 Å². The van der Waals surface area contributed by atoms with E-state index in [1.165, 1.54) is 0 Å². The van der Waals surface area contributed by atoms with Gasteiger partial charge in [0.25, 0.3) is 0 Å². The van der Waals surface area contributed by atoms with Crippen LogP contribution in [0.1, 0.15) is 0 Å². The molecule has 94 valence electrons. The van der Waals surface area contributed by atoms with Gasteiger partial charge < -0.3 is 0 Å². The third-order valence-electron chi connectivity index (χ3n) is 3.14. The number of aromatic nitrogens is 1. The van der Waals surface area contributed by atoms with E-state index < -0.39 is 0 Å². The van der Waals surface area contributed by atoms with Gasteiger partial charge in [-0.3, -0.25) is 4.98 Å². The highest BCUT2D eigenvalue weighted by Gasteiger charge is 2.02. The van der Waals surface area contributed by atoms with Crippen molar-refractivity contribution in [1.29, 1.82) is 0 Å². The fourth-order valence-corrected chi connectivity index (χ4v) is 2.10. The molecule has 0 aliphatic heterocycles. The molecular weight excluding hydrogens is 244 g/mol. The average Bonchev–Trinajstić information content (AvgIpc) is 2.56. The predicted molar refractivity (Wildman–Crippen MR) is 81.4 cm³/mol. The average molecular weight is 256 g/mol. The van der Waals surface area contributed by atoms with E-state index >= 15 is 0 Å². The van der Waals surface area contributed by atoms with Gasteiger partial charge in [0, 0.05) is 11.8 Å². The monoisotopic (exact) mass is 256 g/mol. The van der Waals surface area contributed by atoms with Crippen LogP contribution >= 0.6 is 0 Å². The van der Waals surface area contributed by atoms with Crippen LogP contribution < -0.4 is 0 Å². The molecule has 2 aromatic carbocycles. The van der Waals surface area contributed by atoms with E-state index in [1.807, 2.05) is 48.7 Å². The van der Waals surface area contributed by atoms with Gasteiger partial charge in [-0.2, -0.15) is 0 Å². The normalized spacial score (nSPS) is 9.95. The summed E-state index contributed by atoms with van der Waals surface area (Å²) in [5.41, 5.74) is 4.74. The van der Waals surface area contributed by atoms with Gasteiger partial charge in [-0.1, -0.05) is 54.6 Å². The first kappa shape index (κ1) is 12.1. The first-order chi connectivity index (χ1) is 9.86. The Labute approximate surface area is 118 Å². The van der Waals surface area contributed by atoms with Gasteiger partial charge in [0.1, 0.15) is 0 Å². The molecule has 0 aliphatic carbocycles. The maximum atomic E-state index is 7.05. The minimum absolute atomic E-state index is 0.636. The van der Waals surface area contributed by atoms with Crippen molar-refractivity contribution < 1.29 is 0 Å². The number of rotatable bonds is 2. The SMILES string of the molecule is [C-]#[N+]c1cccc(-c2ccc(-c3ccccc3)cn2)c1. The molecule has 0 spiro atoms. The Morgan fingerprint density at radius 2 is 1.55 bits per heavy atom. The summed E-state index contributed by atoms with van der Waals surface area (Å²) in [4.78, 5) is 7.94. The summed E-state index contributed by atoms with van der Waals surface area (Å²) in [7, 11) is 0. The Morgan fingerprint density at radius 3 is 2.25 bits per heavy atom. The van der Waals surface area contributed by atoms with Crippen molar-refractivity contribution >= 4 is 5.69 Å². The van der Waals surface area contributed by atoms with Crippen molar-refractivity contribution in [2.24, 2.45) is 0 Å². The maximum absolute atomic E-state index is 7.05. The van der Waals surface area contributed by atoms with E-state index in [1.54, 1.807) is 6.07 Å². The zero-order chi connectivity index (χ0) is 13.8. The second kappa shape index (κ2) is 5.38. The molecule has 0 radical (unpaired) electrons. The quantitative estimate of drug-likeness (QED) is 0.592. The number of benzene rings is 2. The van der Waals surface area contributed by atoms with Gasteiger partial charge >= 0.3 is 0 Å². The number of nitrogens with zero attached hydrogens (tertiary/aromatic N) is 2. The molecule has 0 aliphatic rings. The number of hydrogen-bond acceptors (Lipinski definition) is 1. The Balaban J connectivity index is 1.96. The van der Waals surface area contributed by atoms with Crippen molar-refractivity contribution in [3.8, 4) is 22.4 Å². The lowest BCUT2D eigenvalue weighted by Gasteiger charge is -2.04. The van der Waals surface area contributed by atoms with E-state index in [2.05, 4.69) is 28.0 Å². The molecule has 20 heavy (non-hydrogen) atoms. The van der Waals surface area contributed by atoms with Crippen LogP contribution in [-0.4, -0.2) is 4.98 Å². The second-order valence-electron chi connectivity index (χ2n) is 4.46. The molecule has 0 amide bonds. The van der Waals surface area contributed by atoms with Crippen molar-refractivity contribution in [3.05, 3.63) is 84.3 Å². The van der Waals surface area contributed by atoms with Gasteiger partial charge in [0.2, 0.25) is 0 Å². The molecule has 3 rings (SSSR count). The molecule has 0 unspecified atom stereocenters. The lowest BCUT2D eigenvalue weighted by molar-refractivity contribution is 1.33. The van der Waals surface area contributed by atoms with Crippen molar-refractivity contribution in [2.45, 2.75) is 0 Å². The first-order valence-corrected chi connectivity index (χ1v) is 6.36. The summed E-state index contributed by atoms with van der Waals surface area (Å²) in [6, 6.07) is 21.7. The zero-order valence-corrected chi connectivity index (χ0v) is 10.8. The van der Waals surface area contributed by atoms with Crippen LogP contribution in [0.15, 0.2) is 72.9 Å². The molecular formula is C18H12N2. The third-order valence-corrected chi connectivity index (χ3v) is 3.14. The van der Waals surface area contributed by atoms with Crippen LogP contribution in [0.5, 0.6) is 0 Å². The minimum atomic E-state index is 0.636. The molecule has 0 saturated heterocycles. The zero-order valence-electron chi connectivity index (χ0n) is 10.8. The molecule has 0 saturated carbocycles. The summed E-state index contributed by atoms with van der Waals surface area (Å²) >= 11 is 0. The molecule has 1 aromatic heterocycles. The van der Waals surface area contributed by atoms with E-state index in [4.69, 9.17) is 6.57 Å². The van der Waals surface area contributed by atoms with Gasteiger partial charge in [-0.25, -0.2) is 4.85 Å². The predicted octanol–water partition coefficient (Wildman–Crippen LogP) is 4.97. The van der Waals surface area contributed by atoms with Gasteiger partial charge in [0.15, 0.2) is 5.69 Å². The fourth-order valence-electron chi connectivity index (χ4n) is 2.10. The summed E-state index contributed by atoms with van der Waals surface area (Å²) < 4.78 is 0. The summed E-state index contributed by atoms with van der Waals surface area (Å²) in [6.07, 6.45) is 1.87. The van der Waals surface area contributed by atoms with Crippen LogP contribution in [0, 0.1) is 6.57 Å². The largest absolute Gasteiger partial charge is 0.256 e. The molecule has 0 atom stereocenters. The minimum Gasteiger partial charge on any atom is -0.256 e. The Bertz CT molecular complexity index is 753. The topological polar surface area (TPSA) is 17.2 Å². The molecule has 2 heteroatoms. The van der Waals surface area contributed by atoms with Gasteiger partial charge in [0.05, 0.1) is 12.3 Å². The number of hydrogen-bond donors (Lipinski definition) is 0. The first-order valence-electron chi connectivity index (χ1n) is 6.36. The van der Waals surface area contributed by atoms with E-state index in [9.17, 15) is 0 Å². The van der Waals surface area contributed by atoms with E-state index in [0.717, 1.165) is 22.4 Å². The summed E-state index contributed by atoms with van der Waals surface area (Å²) in [5, 5.41) is 0. The smallest absolute Gasteiger partial charge is 0.187 e. The molecule has 3 aromatic rings. The summed E-state index contributed by atoms with van der Waals surface area (Å²) in [6.45, 7) is 7.05. The lowest BCUT2D eigenvalue weighted by atomic mass is 10.1. The highest BCUT2D eigenvalue weighted by molar-refractivity contribution is 5.69. The second-order valence-corrected chi connectivity index (χ2v) is 4.46. The van der Waals surface area contributed by atoms with Crippen molar-refractivity contribution in [1.82, 2.24) is 4.98 Å². The molecule has 0 bridgehead atoms. The Kier molecular flexibility index (Phi) is 3.26. The maximum Gasteiger partial charge on any atom is 0.187 e. The van der Waals surface area contributed by atoms with Crippen molar-refractivity contribution in [3.63, 3.8) is 0 Å². The van der Waals surface area contributed by atoms with Gasteiger partial charge in [-0.15, -0.1) is 0 Å². The molecule has 0 fully saturated rings. The standard InChI is InChI=1S/C18H12N2/c1-19-17-9-5-8-15(12-17)18-11-10-16(13-20-18)14-6-3-2-4-7-14/h2-13H. The highest BCUT2D eigenvalue weighted by Crippen LogP contribution is 2.25. The molecule has 2 nitrogen and oxygen atoms in total. The van der Waals surface area contributed by atoms with Crippen LogP contribution in [0.2, 0.25) is 0 Å².